The van der Waals surface area contributed by atoms with Crippen molar-refractivity contribution in [2.24, 2.45) is 0 Å². The summed E-state index contributed by atoms with van der Waals surface area (Å²) in [4.78, 5) is 13.6. The first-order chi connectivity index (χ1) is 16.4. The third kappa shape index (κ3) is 3.45. The van der Waals surface area contributed by atoms with E-state index in [9.17, 15) is 9.90 Å². The van der Waals surface area contributed by atoms with Gasteiger partial charge in [0, 0.05) is 29.8 Å². The van der Waals surface area contributed by atoms with Crippen molar-refractivity contribution in [1.29, 1.82) is 0 Å². The maximum Gasteiger partial charge on any atom is 0.256 e. The van der Waals surface area contributed by atoms with Crippen molar-refractivity contribution in [2.75, 3.05) is 0 Å². The lowest BCUT2D eigenvalue weighted by Crippen LogP contribution is -2.44. The van der Waals surface area contributed by atoms with Crippen LogP contribution in [-0.4, -0.2) is 0 Å². The molecule has 3 aromatic carbocycles. The SMILES string of the molecule is Cc1cc(-c2c([O-])c(=[N+](c3ccccc3)c3ccccc3)c2=O)c2c(C)ccc(C(C)C)cc1-2. The molecule has 0 unspecified atom stereocenters. The lowest BCUT2D eigenvalue weighted by molar-refractivity contribution is -0.271. The lowest BCUT2D eigenvalue weighted by Gasteiger charge is -2.17. The molecule has 0 aliphatic heterocycles. The standard InChI is InChI=1S/C31H27NO2/c1-19(2)22-16-15-20(3)27-25(18-22)21(4)17-26(27)28-30(33)29(31(28)34)32(23-11-7-5-8-12-23)24-13-9-6-10-14-24/h5-19H,1-4H3. The molecule has 168 valence electrons. The van der Waals surface area contributed by atoms with Gasteiger partial charge in [0.05, 0.1) is 0 Å². The third-order valence-corrected chi connectivity index (χ3v) is 6.63. The average molecular weight is 446 g/mol. The molecular weight excluding hydrogens is 418 g/mol. The summed E-state index contributed by atoms with van der Waals surface area (Å²) in [6.07, 6.45) is 0. The van der Waals surface area contributed by atoms with Gasteiger partial charge in [0.1, 0.15) is 0 Å². The lowest BCUT2D eigenvalue weighted by atomic mass is 9.94. The molecule has 2 aliphatic carbocycles. The first-order valence-electron chi connectivity index (χ1n) is 11.7. The van der Waals surface area contributed by atoms with Gasteiger partial charge in [-0.15, -0.1) is 0 Å². The van der Waals surface area contributed by atoms with Crippen molar-refractivity contribution < 1.29 is 5.11 Å². The van der Waals surface area contributed by atoms with E-state index in [2.05, 4.69) is 45.9 Å². The Morgan fingerprint density at radius 3 is 1.82 bits per heavy atom. The van der Waals surface area contributed by atoms with Gasteiger partial charge in [-0.25, -0.2) is 0 Å². The van der Waals surface area contributed by atoms with Crippen molar-refractivity contribution in [3.8, 4) is 28.0 Å². The number of hydrogen-bond acceptors (Lipinski definition) is 2. The predicted octanol–water partition coefficient (Wildman–Crippen LogP) is 5.94. The van der Waals surface area contributed by atoms with Crippen molar-refractivity contribution in [2.45, 2.75) is 33.6 Å². The van der Waals surface area contributed by atoms with Crippen molar-refractivity contribution in [3.63, 3.8) is 0 Å². The van der Waals surface area contributed by atoms with Crippen LogP contribution in [0, 0.1) is 13.8 Å². The molecule has 0 bridgehead atoms. The molecule has 0 radical (unpaired) electrons. The molecule has 0 aromatic heterocycles. The summed E-state index contributed by atoms with van der Waals surface area (Å²) >= 11 is 0. The van der Waals surface area contributed by atoms with Gasteiger partial charge in [0.2, 0.25) is 11.4 Å². The number of benzene rings is 2. The van der Waals surface area contributed by atoms with Crippen LogP contribution in [0.25, 0.3) is 22.3 Å². The number of fused-ring (bicyclic) bond motifs is 1. The van der Waals surface area contributed by atoms with Gasteiger partial charge >= 0.3 is 0 Å². The number of hydrogen-bond donors (Lipinski definition) is 0. The Hall–Kier alpha value is -3.98. The van der Waals surface area contributed by atoms with Crippen LogP contribution in [0.4, 0.5) is 11.4 Å². The van der Waals surface area contributed by atoms with E-state index >= 15 is 0 Å². The van der Waals surface area contributed by atoms with Gasteiger partial charge in [-0.2, -0.15) is 4.58 Å². The summed E-state index contributed by atoms with van der Waals surface area (Å²) < 4.78 is 1.77. The van der Waals surface area contributed by atoms with E-state index in [1.165, 1.54) is 5.56 Å². The van der Waals surface area contributed by atoms with E-state index in [0.717, 1.165) is 39.2 Å². The van der Waals surface area contributed by atoms with Gasteiger partial charge < -0.3 is 5.11 Å². The number of nitrogens with zero attached hydrogens (tertiary/aromatic N) is 1. The fourth-order valence-electron chi connectivity index (χ4n) is 4.78. The minimum absolute atomic E-state index is 0.195. The summed E-state index contributed by atoms with van der Waals surface area (Å²) in [6.45, 7) is 8.45. The van der Waals surface area contributed by atoms with Crippen LogP contribution < -0.4 is 20.5 Å². The number of rotatable bonds is 4. The van der Waals surface area contributed by atoms with Crippen LogP contribution in [0.15, 0.2) is 89.7 Å². The highest BCUT2D eigenvalue weighted by Crippen LogP contribution is 2.42. The first kappa shape index (κ1) is 21.8. The largest absolute Gasteiger partial charge is 0.867 e. The Morgan fingerprint density at radius 1 is 0.706 bits per heavy atom. The molecule has 3 nitrogen and oxygen atoms in total. The maximum atomic E-state index is 13.6. The van der Waals surface area contributed by atoms with Gasteiger partial charge in [0.15, 0.2) is 0 Å². The molecule has 0 amide bonds. The zero-order valence-electron chi connectivity index (χ0n) is 19.9. The summed E-state index contributed by atoms with van der Waals surface area (Å²) in [5.74, 6) is 0.178. The molecule has 0 fully saturated rings. The zero-order chi connectivity index (χ0) is 24.0. The average Bonchev–Trinajstić information content (AvgIpc) is 3.03. The molecule has 3 heteroatoms. The molecule has 0 saturated carbocycles. The molecule has 0 N–H and O–H groups in total. The van der Waals surface area contributed by atoms with Crippen LogP contribution in [0.5, 0.6) is 5.75 Å². The highest BCUT2D eigenvalue weighted by molar-refractivity contribution is 5.93. The Morgan fingerprint density at radius 2 is 1.29 bits per heavy atom. The second-order valence-electron chi connectivity index (χ2n) is 9.23. The normalized spacial score (nSPS) is 11.4. The van der Waals surface area contributed by atoms with Gasteiger partial charge in [-0.3, -0.25) is 4.79 Å². The van der Waals surface area contributed by atoms with E-state index in [1.54, 1.807) is 4.58 Å². The summed E-state index contributed by atoms with van der Waals surface area (Å²) in [7, 11) is 0. The molecule has 0 spiro atoms. The summed E-state index contributed by atoms with van der Waals surface area (Å²) in [5.41, 5.74) is 7.87. The molecule has 0 saturated heterocycles. The quantitative estimate of drug-likeness (QED) is 0.321. The fraction of sp³-hybridized carbons (Fsp3) is 0.161. The number of aryl methyl sites for hydroxylation is 2. The second-order valence-corrected chi connectivity index (χ2v) is 9.23. The maximum absolute atomic E-state index is 13.6. The van der Waals surface area contributed by atoms with E-state index in [-0.39, 0.29) is 22.1 Å². The second kappa shape index (κ2) is 8.42. The van der Waals surface area contributed by atoms with Crippen LogP contribution >= 0.6 is 0 Å². The van der Waals surface area contributed by atoms with E-state index in [1.807, 2.05) is 66.7 Å². The smallest absolute Gasteiger partial charge is 0.256 e. The van der Waals surface area contributed by atoms with E-state index in [0.29, 0.717) is 5.92 Å². The summed E-state index contributed by atoms with van der Waals surface area (Å²) in [5, 5.41) is 13.8. The van der Waals surface area contributed by atoms with Gasteiger partial charge in [-0.1, -0.05) is 74.5 Å². The van der Waals surface area contributed by atoms with Crippen LogP contribution in [0.3, 0.4) is 0 Å². The minimum Gasteiger partial charge on any atom is -0.867 e. The Kier molecular flexibility index (Phi) is 5.41. The Balaban J connectivity index is 1.79. The van der Waals surface area contributed by atoms with Crippen LogP contribution in [0.1, 0.15) is 36.5 Å². The van der Waals surface area contributed by atoms with Gasteiger partial charge in [0.25, 0.3) is 10.8 Å². The molecule has 3 aromatic rings. The van der Waals surface area contributed by atoms with Crippen LogP contribution in [-0.2, 0) is 0 Å². The topological polar surface area (TPSA) is 43.1 Å². The molecule has 5 rings (SSSR count). The van der Waals surface area contributed by atoms with Crippen molar-refractivity contribution >= 4 is 11.4 Å². The molecule has 0 heterocycles. The monoisotopic (exact) mass is 445 g/mol. The highest BCUT2D eigenvalue weighted by atomic mass is 16.3. The van der Waals surface area contributed by atoms with Crippen molar-refractivity contribution in [1.82, 2.24) is 4.58 Å². The molecule has 34 heavy (non-hydrogen) atoms. The Bertz CT molecular complexity index is 1510. The van der Waals surface area contributed by atoms with Crippen molar-refractivity contribution in [3.05, 3.63) is 117 Å². The van der Waals surface area contributed by atoms with Gasteiger partial charge in [-0.05, 0) is 58.9 Å². The zero-order valence-corrected chi connectivity index (χ0v) is 19.9. The third-order valence-electron chi connectivity index (χ3n) is 6.63. The van der Waals surface area contributed by atoms with Crippen LogP contribution in [0.2, 0.25) is 0 Å². The summed E-state index contributed by atoms with van der Waals surface area (Å²) in [6, 6.07) is 27.6. The first-order valence-corrected chi connectivity index (χ1v) is 11.7. The predicted molar refractivity (Wildman–Crippen MR) is 138 cm³/mol. The molecule has 0 atom stereocenters. The number of para-hydroxylation sites is 2. The van der Waals surface area contributed by atoms with E-state index in [4.69, 9.17) is 0 Å². The molecular formula is C31H27NO2. The van der Waals surface area contributed by atoms with E-state index < -0.39 is 0 Å². The minimum atomic E-state index is -0.209. The Labute approximate surface area is 200 Å². The highest BCUT2D eigenvalue weighted by Gasteiger charge is 2.28. The fourth-order valence-corrected chi connectivity index (χ4v) is 4.78. The molecule has 2 aliphatic rings.